The Morgan fingerprint density at radius 1 is 1.06 bits per heavy atom. The highest BCUT2D eigenvalue weighted by Gasteiger charge is 2.25. The lowest BCUT2D eigenvalue weighted by Crippen LogP contribution is -2.35. The maximum Gasteiger partial charge on any atom is 0.00642 e. The van der Waals surface area contributed by atoms with Crippen molar-refractivity contribution < 1.29 is 0 Å². The van der Waals surface area contributed by atoms with Crippen molar-refractivity contribution in [3.63, 3.8) is 0 Å². The minimum absolute atomic E-state index is 0.810. The molecule has 2 rings (SSSR count). The highest BCUT2D eigenvalue weighted by Crippen LogP contribution is 2.32. The number of rotatable bonds is 3. The third kappa shape index (κ3) is 3.46. The van der Waals surface area contributed by atoms with Crippen molar-refractivity contribution in [3.05, 3.63) is 0 Å². The van der Waals surface area contributed by atoms with Crippen molar-refractivity contribution in [2.45, 2.75) is 51.0 Å². The van der Waals surface area contributed by atoms with E-state index in [1.54, 1.807) is 0 Å². The Morgan fingerprint density at radius 2 is 1.81 bits per heavy atom. The molecular weight excluding hydrogens is 196 g/mol. The van der Waals surface area contributed by atoms with Gasteiger partial charge in [0.05, 0.1) is 0 Å². The Bertz CT molecular complexity index is 197. The number of nitrogens with zero attached hydrogens (tertiary/aromatic N) is 1. The van der Waals surface area contributed by atoms with Crippen LogP contribution in [0.5, 0.6) is 0 Å². The first kappa shape index (κ1) is 12.4. The van der Waals surface area contributed by atoms with Crippen LogP contribution in [0.3, 0.4) is 0 Å². The molecule has 1 aliphatic carbocycles. The van der Waals surface area contributed by atoms with Gasteiger partial charge < -0.3 is 10.2 Å². The Labute approximate surface area is 101 Å². The summed E-state index contributed by atoms with van der Waals surface area (Å²) in [6.45, 7) is 2.68. The van der Waals surface area contributed by atoms with Crippen molar-refractivity contribution in [1.29, 1.82) is 0 Å². The van der Waals surface area contributed by atoms with Gasteiger partial charge >= 0.3 is 0 Å². The first-order chi connectivity index (χ1) is 7.78. The third-order valence-electron chi connectivity index (χ3n) is 4.64. The minimum Gasteiger partial charge on any atom is -0.317 e. The van der Waals surface area contributed by atoms with Gasteiger partial charge in [-0.1, -0.05) is 0 Å². The van der Waals surface area contributed by atoms with Gasteiger partial charge in [-0.05, 0) is 77.4 Å². The van der Waals surface area contributed by atoms with Crippen molar-refractivity contribution in [2.75, 3.05) is 27.2 Å². The fourth-order valence-electron chi connectivity index (χ4n) is 3.62. The number of piperidine rings is 1. The summed E-state index contributed by atoms with van der Waals surface area (Å²) in [5.41, 5.74) is 0. The van der Waals surface area contributed by atoms with E-state index < -0.39 is 0 Å². The maximum absolute atomic E-state index is 3.43. The monoisotopic (exact) mass is 224 g/mol. The summed E-state index contributed by atoms with van der Waals surface area (Å²) < 4.78 is 0. The molecule has 0 aromatic rings. The van der Waals surface area contributed by atoms with Crippen LogP contribution in [-0.4, -0.2) is 38.1 Å². The summed E-state index contributed by atoms with van der Waals surface area (Å²) in [7, 11) is 4.39. The van der Waals surface area contributed by atoms with Gasteiger partial charge in [0.25, 0.3) is 0 Å². The summed E-state index contributed by atoms with van der Waals surface area (Å²) in [4.78, 5) is 2.52. The van der Waals surface area contributed by atoms with E-state index in [4.69, 9.17) is 0 Å². The standard InChI is InChI=1S/C14H28N2/c1-15-14-7-5-12(6-8-14)10-13-4-3-9-16(2)11-13/h12-15H,3-11H2,1-2H3. The quantitative estimate of drug-likeness (QED) is 0.792. The summed E-state index contributed by atoms with van der Waals surface area (Å²) in [5, 5.41) is 3.43. The van der Waals surface area contributed by atoms with Gasteiger partial charge in [0.15, 0.2) is 0 Å². The lowest BCUT2D eigenvalue weighted by Gasteiger charge is -2.34. The molecule has 0 radical (unpaired) electrons. The van der Waals surface area contributed by atoms with Crippen molar-refractivity contribution >= 4 is 0 Å². The molecule has 2 heteroatoms. The molecule has 94 valence electrons. The van der Waals surface area contributed by atoms with E-state index in [9.17, 15) is 0 Å². The molecule has 0 amide bonds. The molecule has 1 atom stereocenters. The van der Waals surface area contributed by atoms with Gasteiger partial charge in [-0.15, -0.1) is 0 Å². The lowest BCUT2D eigenvalue weighted by molar-refractivity contribution is 0.166. The molecule has 0 spiro atoms. The predicted molar refractivity (Wildman–Crippen MR) is 69.6 cm³/mol. The number of likely N-dealkylation sites (tertiary alicyclic amines) is 1. The topological polar surface area (TPSA) is 15.3 Å². The Balaban J connectivity index is 1.69. The highest BCUT2D eigenvalue weighted by atomic mass is 15.1. The minimum atomic E-state index is 0.810. The highest BCUT2D eigenvalue weighted by molar-refractivity contribution is 4.80. The molecule has 1 saturated carbocycles. The van der Waals surface area contributed by atoms with Crippen LogP contribution in [0.2, 0.25) is 0 Å². The molecule has 0 aromatic carbocycles. The zero-order valence-electron chi connectivity index (χ0n) is 11.0. The van der Waals surface area contributed by atoms with Crippen LogP contribution in [0, 0.1) is 11.8 Å². The van der Waals surface area contributed by atoms with Crippen molar-refractivity contribution in [2.24, 2.45) is 11.8 Å². The molecule has 1 aliphatic heterocycles. The first-order valence-electron chi connectivity index (χ1n) is 7.13. The van der Waals surface area contributed by atoms with Gasteiger partial charge in [-0.2, -0.15) is 0 Å². The van der Waals surface area contributed by atoms with Crippen molar-refractivity contribution in [1.82, 2.24) is 10.2 Å². The zero-order chi connectivity index (χ0) is 11.4. The van der Waals surface area contributed by atoms with Crippen LogP contribution >= 0.6 is 0 Å². The average molecular weight is 224 g/mol. The first-order valence-corrected chi connectivity index (χ1v) is 7.13. The fraction of sp³-hybridized carbons (Fsp3) is 1.00. The number of hydrogen-bond acceptors (Lipinski definition) is 2. The molecule has 16 heavy (non-hydrogen) atoms. The van der Waals surface area contributed by atoms with Gasteiger partial charge in [0.1, 0.15) is 0 Å². The normalized spacial score (nSPS) is 37.5. The van der Waals surface area contributed by atoms with E-state index in [0.29, 0.717) is 0 Å². The third-order valence-corrected chi connectivity index (χ3v) is 4.64. The van der Waals surface area contributed by atoms with Gasteiger partial charge in [-0.25, -0.2) is 0 Å². The summed E-state index contributed by atoms with van der Waals surface area (Å²) in [5.74, 6) is 2.02. The molecule has 0 aromatic heterocycles. The maximum atomic E-state index is 3.43. The van der Waals surface area contributed by atoms with Gasteiger partial charge in [-0.3, -0.25) is 0 Å². The number of nitrogens with one attached hydrogen (secondary N) is 1. The van der Waals surface area contributed by atoms with Gasteiger partial charge in [0.2, 0.25) is 0 Å². The average Bonchev–Trinajstić information content (AvgIpc) is 2.30. The van der Waals surface area contributed by atoms with E-state index in [-0.39, 0.29) is 0 Å². The van der Waals surface area contributed by atoms with E-state index >= 15 is 0 Å². The lowest BCUT2D eigenvalue weighted by atomic mass is 9.79. The SMILES string of the molecule is CNC1CCC(CC2CCCN(C)C2)CC1. The molecule has 1 saturated heterocycles. The molecule has 0 bridgehead atoms. The van der Waals surface area contributed by atoms with E-state index in [0.717, 1.165) is 17.9 Å². The second-order valence-electron chi connectivity index (χ2n) is 6.01. The largest absolute Gasteiger partial charge is 0.317 e. The summed E-state index contributed by atoms with van der Waals surface area (Å²) in [6, 6.07) is 0.810. The van der Waals surface area contributed by atoms with Crippen LogP contribution in [0.15, 0.2) is 0 Å². The number of hydrogen-bond donors (Lipinski definition) is 1. The Kier molecular flexibility index (Phi) is 4.66. The molecule has 1 heterocycles. The zero-order valence-corrected chi connectivity index (χ0v) is 11.0. The van der Waals surface area contributed by atoms with E-state index in [2.05, 4.69) is 24.3 Å². The molecule has 2 fully saturated rings. The molecule has 2 aliphatic rings. The van der Waals surface area contributed by atoms with Crippen LogP contribution < -0.4 is 5.32 Å². The second kappa shape index (κ2) is 6.02. The Hall–Kier alpha value is -0.0800. The molecule has 2 nitrogen and oxygen atoms in total. The van der Waals surface area contributed by atoms with Crippen LogP contribution in [0.4, 0.5) is 0 Å². The van der Waals surface area contributed by atoms with E-state index in [1.807, 2.05) is 0 Å². The molecule has 1 N–H and O–H groups in total. The van der Waals surface area contributed by atoms with Gasteiger partial charge in [0, 0.05) is 12.6 Å². The van der Waals surface area contributed by atoms with Crippen LogP contribution in [0.25, 0.3) is 0 Å². The molecule has 1 unspecified atom stereocenters. The van der Waals surface area contributed by atoms with Crippen LogP contribution in [0.1, 0.15) is 44.9 Å². The smallest absolute Gasteiger partial charge is 0.00642 e. The fourth-order valence-corrected chi connectivity index (χ4v) is 3.62. The molecular formula is C14H28N2. The van der Waals surface area contributed by atoms with Crippen LogP contribution in [-0.2, 0) is 0 Å². The predicted octanol–water partition coefficient (Wildman–Crippen LogP) is 2.50. The Morgan fingerprint density at radius 3 is 2.44 bits per heavy atom. The second-order valence-corrected chi connectivity index (χ2v) is 6.01. The summed E-state index contributed by atoms with van der Waals surface area (Å²) in [6.07, 6.45) is 10.1. The van der Waals surface area contributed by atoms with Crippen molar-refractivity contribution in [3.8, 4) is 0 Å². The summed E-state index contributed by atoms with van der Waals surface area (Å²) >= 11 is 0. The van der Waals surface area contributed by atoms with E-state index in [1.165, 1.54) is 58.0 Å².